The lowest BCUT2D eigenvalue weighted by Gasteiger charge is -2.24. The number of hydrogen-bond acceptors (Lipinski definition) is 3. The minimum atomic E-state index is -0.393. The van der Waals surface area contributed by atoms with Crippen LogP contribution in [-0.4, -0.2) is 29.4 Å². The molecule has 1 aromatic carbocycles. The van der Waals surface area contributed by atoms with Crippen molar-refractivity contribution in [2.75, 3.05) is 11.9 Å². The second kappa shape index (κ2) is 7.49. The standard InChI is InChI=1S/C18H21N3O2S/c1-13-6-8-14(9-7-13)20-18(23)21-10-2-5-16(21)17(22)19-12-15-4-3-11-24-15/h3-4,6-9,11,16H,2,5,10,12H2,1H3,(H,19,22)(H,20,23)/t16-/m0/s1. The van der Waals surface area contributed by atoms with E-state index in [1.54, 1.807) is 16.2 Å². The Morgan fingerprint density at radius 3 is 2.75 bits per heavy atom. The number of urea groups is 1. The lowest BCUT2D eigenvalue weighted by atomic mass is 10.2. The maximum atomic E-state index is 12.5. The van der Waals surface area contributed by atoms with E-state index in [9.17, 15) is 9.59 Å². The van der Waals surface area contributed by atoms with Crippen molar-refractivity contribution < 1.29 is 9.59 Å². The number of carbonyl (C=O) groups excluding carboxylic acids is 2. The second-order valence-electron chi connectivity index (χ2n) is 5.94. The number of carbonyl (C=O) groups is 2. The van der Waals surface area contributed by atoms with Crippen LogP contribution in [0.3, 0.4) is 0 Å². The maximum Gasteiger partial charge on any atom is 0.322 e. The summed E-state index contributed by atoms with van der Waals surface area (Å²) in [6.07, 6.45) is 1.55. The highest BCUT2D eigenvalue weighted by Gasteiger charge is 2.34. The Hall–Kier alpha value is -2.34. The molecule has 1 saturated heterocycles. The van der Waals surface area contributed by atoms with Gasteiger partial charge in [-0.2, -0.15) is 0 Å². The molecular weight excluding hydrogens is 322 g/mol. The van der Waals surface area contributed by atoms with Crippen molar-refractivity contribution in [2.24, 2.45) is 0 Å². The number of nitrogens with zero attached hydrogens (tertiary/aromatic N) is 1. The zero-order valence-corrected chi connectivity index (χ0v) is 14.4. The molecule has 1 fully saturated rings. The number of rotatable bonds is 4. The number of benzene rings is 1. The van der Waals surface area contributed by atoms with Crippen LogP contribution in [-0.2, 0) is 11.3 Å². The van der Waals surface area contributed by atoms with Gasteiger partial charge in [-0.15, -0.1) is 11.3 Å². The van der Waals surface area contributed by atoms with Crippen molar-refractivity contribution >= 4 is 29.0 Å². The van der Waals surface area contributed by atoms with Crippen molar-refractivity contribution in [2.45, 2.75) is 32.4 Å². The Bertz CT molecular complexity index is 698. The number of likely N-dealkylation sites (tertiary alicyclic amines) is 1. The first-order valence-electron chi connectivity index (χ1n) is 8.08. The number of nitrogens with one attached hydrogen (secondary N) is 2. The third-order valence-electron chi connectivity index (χ3n) is 4.14. The Labute approximate surface area is 145 Å². The quantitative estimate of drug-likeness (QED) is 0.894. The molecule has 0 aliphatic carbocycles. The van der Waals surface area contributed by atoms with E-state index >= 15 is 0 Å². The van der Waals surface area contributed by atoms with Crippen LogP contribution in [0, 0.1) is 6.92 Å². The van der Waals surface area contributed by atoms with Crippen LogP contribution in [0.2, 0.25) is 0 Å². The fourth-order valence-corrected chi connectivity index (χ4v) is 3.46. The van der Waals surface area contributed by atoms with Crippen LogP contribution in [0.5, 0.6) is 0 Å². The molecule has 6 heteroatoms. The fourth-order valence-electron chi connectivity index (χ4n) is 2.82. The topological polar surface area (TPSA) is 61.4 Å². The average Bonchev–Trinajstić information content (AvgIpc) is 3.26. The van der Waals surface area contributed by atoms with Crippen LogP contribution >= 0.6 is 11.3 Å². The first-order chi connectivity index (χ1) is 11.6. The van der Waals surface area contributed by atoms with Crippen molar-refractivity contribution in [3.8, 4) is 0 Å². The van der Waals surface area contributed by atoms with Crippen molar-refractivity contribution in [1.82, 2.24) is 10.2 Å². The second-order valence-corrected chi connectivity index (χ2v) is 6.98. The van der Waals surface area contributed by atoms with Gasteiger partial charge in [0.25, 0.3) is 0 Å². The summed E-state index contributed by atoms with van der Waals surface area (Å²) in [7, 11) is 0. The normalized spacial score (nSPS) is 16.9. The molecule has 2 aromatic rings. The minimum absolute atomic E-state index is 0.0834. The highest BCUT2D eigenvalue weighted by atomic mass is 32.1. The van der Waals surface area contributed by atoms with E-state index in [-0.39, 0.29) is 11.9 Å². The van der Waals surface area contributed by atoms with E-state index in [2.05, 4.69) is 10.6 Å². The molecular formula is C18H21N3O2S. The monoisotopic (exact) mass is 343 g/mol. The molecule has 126 valence electrons. The van der Waals surface area contributed by atoms with E-state index in [0.29, 0.717) is 19.5 Å². The zero-order chi connectivity index (χ0) is 16.9. The SMILES string of the molecule is Cc1ccc(NC(=O)N2CCC[C@H]2C(=O)NCc2cccs2)cc1. The number of amides is 3. The van der Waals surface area contributed by atoms with Gasteiger partial charge in [0.2, 0.25) is 5.91 Å². The first-order valence-corrected chi connectivity index (χ1v) is 8.96. The lowest BCUT2D eigenvalue weighted by molar-refractivity contribution is -0.124. The number of anilines is 1. The average molecular weight is 343 g/mol. The Morgan fingerprint density at radius 1 is 1.25 bits per heavy atom. The van der Waals surface area contributed by atoms with Gasteiger partial charge in [0.05, 0.1) is 6.54 Å². The lowest BCUT2D eigenvalue weighted by Crippen LogP contribution is -2.47. The summed E-state index contributed by atoms with van der Waals surface area (Å²) >= 11 is 1.61. The van der Waals surface area contributed by atoms with Crippen molar-refractivity contribution in [1.29, 1.82) is 0 Å². The van der Waals surface area contributed by atoms with E-state index in [1.165, 1.54) is 0 Å². The van der Waals surface area contributed by atoms with Gasteiger partial charge in [-0.25, -0.2) is 4.79 Å². The van der Waals surface area contributed by atoms with Crippen molar-refractivity contribution in [3.63, 3.8) is 0 Å². The molecule has 3 amide bonds. The molecule has 0 saturated carbocycles. The van der Waals surface area contributed by atoms with Gasteiger partial charge in [0.15, 0.2) is 0 Å². The zero-order valence-electron chi connectivity index (χ0n) is 13.6. The summed E-state index contributed by atoms with van der Waals surface area (Å²) in [6.45, 7) is 3.12. The molecule has 1 atom stereocenters. The third kappa shape index (κ3) is 3.94. The van der Waals surface area contributed by atoms with Gasteiger partial charge in [0.1, 0.15) is 6.04 Å². The number of aryl methyl sites for hydroxylation is 1. The Balaban J connectivity index is 1.58. The van der Waals surface area contributed by atoms with Crippen LogP contribution < -0.4 is 10.6 Å². The molecule has 1 aliphatic heterocycles. The first kappa shape index (κ1) is 16.5. The predicted molar refractivity (Wildman–Crippen MR) is 96.1 cm³/mol. The molecule has 1 aromatic heterocycles. The van der Waals surface area contributed by atoms with Gasteiger partial charge in [-0.1, -0.05) is 23.8 Å². The molecule has 2 heterocycles. The summed E-state index contributed by atoms with van der Waals surface area (Å²) in [4.78, 5) is 27.6. The number of hydrogen-bond donors (Lipinski definition) is 2. The van der Waals surface area contributed by atoms with Gasteiger partial charge in [0, 0.05) is 17.1 Å². The van der Waals surface area contributed by atoms with E-state index in [0.717, 1.165) is 22.5 Å². The summed E-state index contributed by atoms with van der Waals surface area (Å²) in [5.74, 6) is -0.0834. The molecule has 0 unspecified atom stereocenters. The van der Waals surface area contributed by atoms with E-state index in [4.69, 9.17) is 0 Å². The molecule has 0 bridgehead atoms. The van der Waals surface area contributed by atoms with Gasteiger partial charge < -0.3 is 15.5 Å². The maximum absolute atomic E-state index is 12.5. The van der Waals surface area contributed by atoms with Crippen molar-refractivity contribution in [3.05, 3.63) is 52.2 Å². The molecule has 2 N–H and O–H groups in total. The summed E-state index contributed by atoms with van der Waals surface area (Å²) in [5, 5.41) is 7.79. The highest BCUT2D eigenvalue weighted by Crippen LogP contribution is 2.20. The predicted octanol–water partition coefficient (Wildman–Crippen LogP) is 3.37. The molecule has 1 aliphatic rings. The number of thiophene rings is 1. The smallest absolute Gasteiger partial charge is 0.322 e. The molecule has 5 nitrogen and oxygen atoms in total. The van der Waals surface area contributed by atoms with E-state index in [1.807, 2.05) is 48.7 Å². The molecule has 0 radical (unpaired) electrons. The van der Waals surface area contributed by atoms with Crippen LogP contribution in [0.25, 0.3) is 0 Å². The largest absolute Gasteiger partial charge is 0.349 e. The minimum Gasteiger partial charge on any atom is -0.349 e. The Kier molecular flexibility index (Phi) is 5.15. The highest BCUT2D eigenvalue weighted by molar-refractivity contribution is 7.09. The van der Waals surface area contributed by atoms with Crippen LogP contribution in [0.1, 0.15) is 23.3 Å². The summed E-state index contributed by atoms with van der Waals surface area (Å²) in [6, 6.07) is 11.0. The third-order valence-corrected chi connectivity index (χ3v) is 5.01. The molecule has 24 heavy (non-hydrogen) atoms. The van der Waals surface area contributed by atoms with Crippen LogP contribution in [0.15, 0.2) is 41.8 Å². The summed E-state index contributed by atoms with van der Waals surface area (Å²) < 4.78 is 0. The van der Waals surface area contributed by atoms with Gasteiger partial charge >= 0.3 is 6.03 Å². The fraction of sp³-hybridized carbons (Fsp3) is 0.333. The van der Waals surface area contributed by atoms with Crippen LogP contribution in [0.4, 0.5) is 10.5 Å². The molecule has 3 rings (SSSR count). The summed E-state index contributed by atoms with van der Waals surface area (Å²) in [5.41, 5.74) is 1.88. The molecule has 0 spiro atoms. The van der Waals surface area contributed by atoms with Gasteiger partial charge in [-0.05, 0) is 43.3 Å². The van der Waals surface area contributed by atoms with E-state index < -0.39 is 6.04 Å². The van der Waals surface area contributed by atoms with Gasteiger partial charge in [-0.3, -0.25) is 4.79 Å². The Morgan fingerprint density at radius 2 is 2.04 bits per heavy atom.